The molecule has 0 bridgehead atoms. The highest BCUT2D eigenvalue weighted by molar-refractivity contribution is 5.96. The SMILES string of the molecule is O=C(NC1CCN(c2ncccn2)CC1)c1ccccc1C(F)(F)F. The second kappa shape index (κ2) is 7.08. The van der Waals surface area contributed by atoms with Crippen LogP contribution in [0, 0.1) is 0 Å². The van der Waals surface area contributed by atoms with Crippen molar-refractivity contribution in [2.24, 2.45) is 0 Å². The van der Waals surface area contributed by atoms with Crippen LogP contribution < -0.4 is 10.2 Å². The van der Waals surface area contributed by atoms with Gasteiger partial charge in [0.1, 0.15) is 0 Å². The van der Waals surface area contributed by atoms with Gasteiger partial charge in [-0.15, -0.1) is 0 Å². The van der Waals surface area contributed by atoms with E-state index in [1.54, 1.807) is 18.5 Å². The Kier molecular flexibility index (Phi) is 4.87. The highest BCUT2D eigenvalue weighted by atomic mass is 19.4. The number of nitrogens with zero attached hydrogens (tertiary/aromatic N) is 3. The lowest BCUT2D eigenvalue weighted by Gasteiger charge is -2.32. The van der Waals surface area contributed by atoms with Gasteiger partial charge >= 0.3 is 6.18 Å². The van der Waals surface area contributed by atoms with Gasteiger partial charge in [-0.2, -0.15) is 13.2 Å². The van der Waals surface area contributed by atoms with Crippen LogP contribution >= 0.6 is 0 Å². The Morgan fingerprint density at radius 2 is 1.72 bits per heavy atom. The number of amides is 1. The lowest BCUT2D eigenvalue weighted by molar-refractivity contribution is -0.137. The molecule has 8 heteroatoms. The Balaban J connectivity index is 1.62. The smallest absolute Gasteiger partial charge is 0.349 e. The first-order chi connectivity index (χ1) is 11.9. The van der Waals surface area contributed by atoms with E-state index in [2.05, 4.69) is 15.3 Å². The molecule has 1 fully saturated rings. The van der Waals surface area contributed by atoms with Crippen molar-refractivity contribution in [3.05, 3.63) is 53.9 Å². The van der Waals surface area contributed by atoms with Crippen LogP contribution in [0.15, 0.2) is 42.7 Å². The molecule has 132 valence electrons. The number of hydrogen-bond acceptors (Lipinski definition) is 4. The van der Waals surface area contributed by atoms with E-state index in [4.69, 9.17) is 0 Å². The molecule has 25 heavy (non-hydrogen) atoms. The molecule has 0 spiro atoms. The Morgan fingerprint density at radius 1 is 1.08 bits per heavy atom. The maximum absolute atomic E-state index is 13.0. The fourth-order valence-electron chi connectivity index (χ4n) is 2.87. The number of aromatic nitrogens is 2. The van der Waals surface area contributed by atoms with Crippen LogP contribution in [0.3, 0.4) is 0 Å². The van der Waals surface area contributed by atoms with Crippen LogP contribution in [0.2, 0.25) is 0 Å². The van der Waals surface area contributed by atoms with Crippen molar-refractivity contribution < 1.29 is 18.0 Å². The first kappa shape index (κ1) is 17.2. The fraction of sp³-hybridized carbons (Fsp3) is 0.353. The van der Waals surface area contributed by atoms with Crippen molar-refractivity contribution in [1.29, 1.82) is 0 Å². The molecule has 5 nitrogen and oxygen atoms in total. The van der Waals surface area contributed by atoms with Gasteiger partial charge in [-0.3, -0.25) is 4.79 Å². The molecule has 1 aromatic heterocycles. The molecule has 0 radical (unpaired) electrons. The summed E-state index contributed by atoms with van der Waals surface area (Å²) in [4.78, 5) is 22.6. The number of carbonyl (C=O) groups excluding carboxylic acids is 1. The Labute approximate surface area is 142 Å². The molecule has 2 aromatic rings. The molecule has 1 amide bonds. The van der Waals surface area contributed by atoms with E-state index in [0.717, 1.165) is 6.07 Å². The van der Waals surface area contributed by atoms with Gasteiger partial charge in [0.2, 0.25) is 5.95 Å². The molecule has 1 saturated heterocycles. The summed E-state index contributed by atoms with van der Waals surface area (Å²) in [7, 11) is 0. The number of anilines is 1. The molecule has 2 heterocycles. The largest absolute Gasteiger partial charge is 0.417 e. The van der Waals surface area contributed by atoms with Crippen molar-refractivity contribution in [2.45, 2.75) is 25.1 Å². The van der Waals surface area contributed by atoms with E-state index in [1.807, 2.05) is 4.90 Å². The molecule has 0 saturated carbocycles. The second-order valence-electron chi connectivity index (χ2n) is 5.83. The maximum Gasteiger partial charge on any atom is 0.417 e. The Bertz CT molecular complexity index is 728. The van der Waals surface area contributed by atoms with Crippen LogP contribution in [0.25, 0.3) is 0 Å². The van der Waals surface area contributed by atoms with Gasteiger partial charge in [0.25, 0.3) is 5.91 Å². The maximum atomic E-state index is 13.0. The van der Waals surface area contributed by atoms with Crippen molar-refractivity contribution in [3.8, 4) is 0 Å². The Hall–Kier alpha value is -2.64. The lowest BCUT2D eigenvalue weighted by atomic mass is 10.0. The quantitative estimate of drug-likeness (QED) is 0.925. The molecule has 1 aromatic carbocycles. The summed E-state index contributed by atoms with van der Waals surface area (Å²) in [6.07, 6.45) is 0.00678. The number of carbonyl (C=O) groups is 1. The molecule has 1 aliphatic heterocycles. The topological polar surface area (TPSA) is 58.1 Å². The van der Waals surface area contributed by atoms with E-state index < -0.39 is 17.6 Å². The molecule has 3 rings (SSSR count). The predicted molar refractivity (Wildman–Crippen MR) is 86.2 cm³/mol. The summed E-state index contributed by atoms with van der Waals surface area (Å²) < 4.78 is 39.1. The number of halogens is 3. The van der Waals surface area contributed by atoms with Crippen LogP contribution in [0.1, 0.15) is 28.8 Å². The van der Waals surface area contributed by atoms with E-state index in [9.17, 15) is 18.0 Å². The minimum atomic E-state index is -4.55. The number of piperidine rings is 1. The third kappa shape index (κ3) is 4.07. The fourth-order valence-corrected chi connectivity index (χ4v) is 2.87. The van der Waals surface area contributed by atoms with Crippen LogP contribution in [0.4, 0.5) is 19.1 Å². The number of benzene rings is 1. The number of hydrogen-bond donors (Lipinski definition) is 1. The molecule has 0 aliphatic carbocycles. The number of alkyl halides is 3. The number of nitrogens with one attached hydrogen (secondary N) is 1. The van der Waals surface area contributed by atoms with Gasteiger partial charge in [0.05, 0.1) is 11.1 Å². The third-order valence-corrected chi connectivity index (χ3v) is 4.14. The molecule has 0 unspecified atom stereocenters. The van der Waals surface area contributed by atoms with Gasteiger partial charge in [-0.1, -0.05) is 12.1 Å². The van der Waals surface area contributed by atoms with Gasteiger partial charge < -0.3 is 10.2 Å². The minimum absolute atomic E-state index is 0.172. The van der Waals surface area contributed by atoms with Crippen LogP contribution in [0.5, 0.6) is 0 Å². The highest BCUT2D eigenvalue weighted by Crippen LogP contribution is 2.32. The summed E-state index contributed by atoms with van der Waals surface area (Å²) in [5, 5.41) is 2.71. The van der Waals surface area contributed by atoms with Gasteiger partial charge in [0, 0.05) is 31.5 Å². The van der Waals surface area contributed by atoms with E-state index >= 15 is 0 Å². The first-order valence-corrected chi connectivity index (χ1v) is 7.94. The van der Waals surface area contributed by atoms with Crippen molar-refractivity contribution >= 4 is 11.9 Å². The zero-order chi connectivity index (χ0) is 17.9. The normalized spacial score (nSPS) is 15.9. The standard InChI is InChI=1S/C17H17F3N4O/c18-17(19,20)14-5-2-1-4-13(14)15(25)23-12-6-10-24(11-7-12)16-21-8-3-9-22-16/h1-5,8-9,12H,6-7,10-11H2,(H,23,25). The monoisotopic (exact) mass is 350 g/mol. The second-order valence-corrected chi connectivity index (χ2v) is 5.83. The average Bonchev–Trinajstić information content (AvgIpc) is 2.62. The third-order valence-electron chi connectivity index (χ3n) is 4.14. The molecular weight excluding hydrogens is 333 g/mol. The summed E-state index contributed by atoms with van der Waals surface area (Å²) in [5.41, 5.74) is -1.26. The molecule has 1 N–H and O–H groups in total. The van der Waals surface area contributed by atoms with Crippen LogP contribution in [-0.2, 0) is 6.18 Å². The molecular formula is C17H17F3N4O. The summed E-state index contributed by atoms with van der Waals surface area (Å²) in [5.74, 6) is -0.0722. The van der Waals surface area contributed by atoms with Gasteiger partial charge in [-0.05, 0) is 31.0 Å². The van der Waals surface area contributed by atoms with Gasteiger partial charge in [0.15, 0.2) is 0 Å². The average molecular weight is 350 g/mol. The van der Waals surface area contributed by atoms with Crippen molar-refractivity contribution in [2.75, 3.05) is 18.0 Å². The summed E-state index contributed by atoms with van der Waals surface area (Å²) in [6.45, 7) is 1.27. The lowest BCUT2D eigenvalue weighted by Crippen LogP contribution is -2.45. The Morgan fingerprint density at radius 3 is 2.36 bits per heavy atom. The molecule has 0 atom stereocenters. The zero-order valence-corrected chi connectivity index (χ0v) is 13.3. The molecule has 1 aliphatic rings. The number of rotatable bonds is 3. The predicted octanol–water partition coefficient (Wildman–Crippen LogP) is 2.89. The van der Waals surface area contributed by atoms with Gasteiger partial charge in [-0.25, -0.2) is 9.97 Å². The first-order valence-electron chi connectivity index (χ1n) is 7.94. The zero-order valence-electron chi connectivity index (χ0n) is 13.3. The summed E-state index contributed by atoms with van der Waals surface area (Å²) >= 11 is 0. The van der Waals surface area contributed by atoms with Crippen molar-refractivity contribution in [3.63, 3.8) is 0 Å². The minimum Gasteiger partial charge on any atom is -0.349 e. The van der Waals surface area contributed by atoms with E-state index in [-0.39, 0.29) is 11.6 Å². The highest BCUT2D eigenvalue weighted by Gasteiger charge is 2.35. The summed E-state index contributed by atoms with van der Waals surface area (Å²) in [6, 6.07) is 6.38. The van der Waals surface area contributed by atoms with E-state index in [1.165, 1.54) is 18.2 Å². The van der Waals surface area contributed by atoms with Crippen molar-refractivity contribution in [1.82, 2.24) is 15.3 Å². The van der Waals surface area contributed by atoms with E-state index in [0.29, 0.717) is 31.9 Å². The van der Waals surface area contributed by atoms with Crippen LogP contribution in [-0.4, -0.2) is 35.0 Å².